The second-order valence-corrected chi connectivity index (χ2v) is 3.81. The lowest BCUT2D eigenvalue weighted by molar-refractivity contribution is 0.637. The zero-order chi connectivity index (χ0) is 10.3. The molecule has 2 rings (SSSR count). The zero-order valence-electron chi connectivity index (χ0n) is 7.31. The molecule has 0 aliphatic rings. The van der Waals surface area contributed by atoms with E-state index in [0.29, 0.717) is 0 Å². The Morgan fingerprint density at radius 1 is 1.29 bits per heavy atom. The van der Waals surface area contributed by atoms with Gasteiger partial charge in [-0.2, -0.15) is 0 Å². The number of aromatic nitrogens is 1. The van der Waals surface area contributed by atoms with Gasteiger partial charge >= 0.3 is 0 Å². The maximum atomic E-state index is 13.5. The van der Waals surface area contributed by atoms with Crippen LogP contribution in [-0.4, -0.2) is 4.98 Å². The van der Waals surface area contributed by atoms with Crippen molar-refractivity contribution in [2.24, 2.45) is 0 Å². The molecule has 0 saturated heterocycles. The molecule has 0 saturated carbocycles. The van der Waals surface area contributed by atoms with Crippen molar-refractivity contribution in [3.05, 3.63) is 39.8 Å². The fourth-order valence-electron chi connectivity index (χ4n) is 1.36. The quantitative estimate of drug-likeness (QED) is 0.623. The fourth-order valence-corrected chi connectivity index (χ4v) is 1.76. The van der Waals surface area contributed by atoms with Crippen LogP contribution in [0.1, 0.15) is 5.56 Å². The number of hydrogen-bond donors (Lipinski definition) is 0. The summed E-state index contributed by atoms with van der Waals surface area (Å²) in [5, 5.41) is 1.07. The lowest BCUT2D eigenvalue weighted by atomic mass is 10.1. The Balaban J connectivity index is 2.95. The Bertz CT molecular complexity index is 511. The van der Waals surface area contributed by atoms with Crippen LogP contribution < -0.4 is 0 Å². The first kappa shape index (κ1) is 9.69. The summed E-state index contributed by atoms with van der Waals surface area (Å²) in [6, 6.07) is 4.94. The van der Waals surface area contributed by atoms with E-state index in [9.17, 15) is 4.39 Å². The summed E-state index contributed by atoms with van der Waals surface area (Å²) in [5.74, 6) is -0.519. The average molecular weight is 230 g/mol. The fraction of sp³-hybridized carbons (Fsp3) is 0.100. The van der Waals surface area contributed by atoms with Crippen molar-refractivity contribution in [3.8, 4) is 0 Å². The molecule has 0 fully saturated rings. The lowest BCUT2D eigenvalue weighted by Crippen LogP contribution is -1.89. The third-order valence-electron chi connectivity index (χ3n) is 2.05. The predicted octanol–water partition coefficient (Wildman–Crippen LogP) is 3.99. The van der Waals surface area contributed by atoms with Gasteiger partial charge in [-0.05, 0) is 24.6 Å². The molecule has 0 amide bonds. The Kier molecular flexibility index (Phi) is 2.33. The van der Waals surface area contributed by atoms with Crippen LogP contribution >= 0.6 is 23.2 Å². The van der Waals surface area contributed by atoms with E-state index in [0.717, 1.165) is 10.9 Å². The number of rotatable bonds is 0. The summed E-state index contributed by atoms with van der Waals surface area (Å²) in [6.07, 6.45) is 0. The van der Waals surface area contributed by atoms with Crippen molar-refractivity contribution in [1.82, 2.24) is 4.98 Å². The summed E-state index contributed by atoms with van der Waals surface area (Å²) in [7, 11) is 0. The van der Waals surface area contributed by atoms with E-state index in [1.165, 1.54) is 6.07 Å². The molecule has 1 aromatic heterocycles. The van der Waals surface area contributed by atoms with E-state index in [1.807, 2.05) is 6.92 Å². The van der Waals surface area contributed by atoms with Crippen LogP contribution in [0.4, 0.5) is 4.39 Å². The molecule has 0 aliphatic heterocycles. The molecule has 0 spiro atoms. The van der Waals surface area contributed by atoms with Gasteiger partial charge in [-0.3, -0.25) is 0 Å². The number of nitrogens with zero attached hydrogens (tertiary/aromatic N) is 1. The molecule has 1 heterocycles. The maximum absolute atomic E-state index is 13.5. The van der Waals surface area contributed by atoms with E-state index in [1.54, 1.807) is 12.1 Å². The minimum atomic E-state index is -0.519. The highest BCUT2D eigenvalue weighted by Crippen LogP contribution is 2.26. The molecule has 0 atom stereocenters. The summed E-state index contributed by atoms with van der Waals surface area (Å²) in [4.78, 5) is 3.90. The highest BCUT2D eigenvalue weighted by molar-refractivity contribution is 6.32. The van der Waals surface area contributed by atoms with Gasteiger partial charge in [0.05, 0.1) is 5.02 Å². The zero-order valence-corrected chi connectivity index (χ0v) is 8.83. The molecule has 0 aliphatic carbocycles. The van der Waals surface area contributed by atoms with E-state index in [4.69, 9.17) is 23.2 Å². The third-order valence-corrected chi connectivity index (χ3v) is 2.53. The van der Waals surface area contributed by atoms with Gasteiger partial charge in [0.1, 0.15) is 10.7 Å². The van der Waals surface area contributed by atoms with Gasteiger partial charge in [-0.15, -0.1) is 0 Å². The lowest BCUT2D eigenvalue weighted by Gasteiger charge is -2.04. The molecular weight excluding hydrogens is 224 g/mol. The molecule has 14 heavy (non-hydrogen) atoms. The first-order chi connectivity index (χ1) is 6.59. The Morgan fingerprint density at radius 3 is 2.71 bits per heavy atom. The second-order valence-electron chi connectivity index (χ2n) is 3.02. The molecular formula is C10H6Cl2FN. The van der Waals surface area contributed by atoms with Gasteiger partial charge in [0.2, 0.25) is 0 Å². The molecule has 1 nitrogen and oxygen atoms in total. The van der Waals surface area contributed by atoms with Crippen molar-refractivity contribution in [3.63, 3.8) is 0 Å². The van der Waals surface area contributed by atoms with Crippen molar-refractivity contribution >= 4 is 34.1 Å². The predicted molar refractivity (Wildman–Crippen MR) is 56.5 cm³/mol. The monoisotopic (exact) mass is 229 g/mol. The number of pyridine rings is 1. The van der Waals surface area contributed by atoms with Gasteiger partial charge in [-0.25, -0.2) is 9.37 Å². The molecule has 4 heteroatoms. The van der Waals surface area contributed by atoms with E-state index in [-0.39, 0.29) is 15.7 Å². The standard InChI is InChI=1S/C10H6Cl2FN/c1-5-4-8(12)14-10-6(5)2-3-7(11)9(10)13/h2-4H,1H3. The van der Waals surface area contributed by atoms with Crippen LogP contribution in [0.2, 0.25) is 10.2 Å². The van der Waals surface area contributed by atoms with Crippen molar-refractivity contribution in [1.29, 1.82) is 0 Å². The normalized spacial score (nSPS) is 10.9. The molecule has 0 unspecified atom stereocenters. The largest absolute Gasteiger partial charge is 0.233 e. The van der Waals surface area contributed by atoms with Gasteiger partial charge in [-0.1, -0.05) is 29.3 Å². The highest BCUT2D eigenvalue weighted by Gasteiger charge is 2.09. The highest BCUT2D eigenvalue weighted by atomic mass is 35.5. The minimum Gasteiger partial charge on any atom is -0.233 e. The molecule has 1 aromatic carbocycles. The van der Waals surface area contributed by atoms with Crippen LogP contribution in [0.15, 0.2) is 18.2 Å². The van der Waals surface area contributed by atoms with E-state index >= 15 is 0 Å². The summed E-state index contributed by atoms with van der Waals surface area (Å²) >= 11 is 11.4. The van der Waals surface area contributed by atoms with Crippen molar-refractivity contribution in [2.45, 2.75) is 6.92 Å². The maximum Gasteiger partial charge on any atom is 0.168 e. The number of benzene rings is 1. The first-order valence-corrected chi connectivity index (χ1v) is 4.76. The average Bonchev–Trinajstić information content (AvgIpc) is 2.12. The van der Waals surface area contributed by atoms with Gasteiger partial charge in [0.25, 0.3) is 0 Å². The Hall–Kier alpha value is -0.860. The van der Waals surface area contributed by atoms with Crippen molar-refractivity contribution in [2.75, 3.05) is 0 Å². The van der Waals surface area contributed by atoms with Gasteiger partial charge < -0.3 is 0 Å². The Morgan fingerprint density at radius 2 is 2.00 bits per heavy atom. The third kappa shape index (κ3) is 1.45. The van der Waals surface area contributed by atoms with Gasteiger partial charge in [0, 0.05) is 5.39 Å². The van der Waals surface area contributed by atoms with Crippen LogP contribution in [0.25, 0.3) is 10.9 Å². The SMILES string of the molecule is Cc1cc(Cl)nc2c(F)c(Cl)ccc12. The van der Waals surface area contributed by atoms with Gasteiger partial charge in [0.15, 0.2) is 5.82 Å². The van der Waals surface area contributed by atoms with Crippen LogP contribution in [0, 0.1) is 12.7 Å². The van der Waals surface area contributed by atoms with Crippen LogP contribution in [0.5, 0.6) is 0 Å². The Labute approximate surface area is 90.5 Å². The van der Waals surface area contributed by atoms with E-state index < -0.39 is 5.82 Å². The minimum absolute atomic E-state index is 0.0617. The number of aryl methyl sites for hydroxylation is 1. The smallest absolute Gasteiger partial charge is 0.168 e. The summed E-state index contributed by atoms with van der Waals surface area (Å²) in [5.41, 5.74) is 1.11. The molecule has 72 valence electrons. The number of halogens is 3. The van der Waals surface area contributed by atoms with E-state index in [2.05, 4.69) is 4.98 Å². The topological polar surface area (TPSA) is 12.9 Å². The van der Waals surface area contributed by atoms with Crippen LogP contribution in [0.3, 0.4) is 0 Å². The number of fused-ring (bicyclic) bond motifs is 1. The first-order valence-electron chi connectivity index (χ1n) is 4.00. The molecule has 0 N–H and O–H groups in total. The summed E-state index contributed by atoms with van der Waals surface area (Å²) < 4.78 is 13.5. The van der Waals surface area contributed by atoms with Crippen molar-refractivity contribution < 1.29 is 4.39 Å². The second kappa shape index (κ2) is 3.37. The number of hydrogen-bond acceptors (Lipinski definition) is 1. The van der Waals surface area contributed by atoms with Crippen LogP contribution in [-0.2, 0) is 0 Å². The summed E-state index contributed by atoms with van der Waals surface area (Å²) in [6.45, 7) is 1.85. The molecule has 2 aromatic rings. The molecule has 0 bridgehead atoms. The molecule has 0 radical (unpaired) electrons.